The third kappa shape index (κ3) is 6.89. The lowest BCUT2D eigenvalue weighted by atomic mass is 9.40. The Bertz CT molecular complexity index is 2240. The van der Waals surface area contributed by atoms with Crippen LogP contribution < -0.4 is 20.7 Å². The number of aryl methyl sites for hydroxylation is 2. The zero-order valence-electron chi connectivity index (χ0n) is 31.0. The summed E-state index contributed by atoms with van der Waals surface area (Å²) in [7, 11) is 1.23. The van der Waals surface area contributed by atoms with Crippen molar-refractivity contribution in [3.8, 4) is 33.4 Å². The second-order valence-corrected chi connectivity index (χ2v) is 16.3. The summed E-state index contributed by atoms with van der Waals surface area (Å²) in [6.45, 7) is 9.80. The molecule has 1 aliphatic heterocycles. The van der Waals surface area contributed by atoms with Crippen molar-refractivity contribution in [2.24, 2.45) is 5.41 Å². The molecule has 0 unspecified atom stereocenters. The van der Waals surface area contributed by atoms with Gasteiger partial charge in [-0.15, -0.1) is 11.3 Å². The van der Waals surface area contributed by atoms with E-state index in [1.807, 2.05) is 37.4 Å². The number of thiophene rings is 1. The van der Waals surface area contributed by atoms with E-state index in [0.29, 0.717) is 49.3 Å². The SMILES string of the molecule is COC(=O)c1nc(C(=O)NC23CC(C#N)(C2)C3)ccc1-c1cc2c(cc1C(=O)Nc1c(C)cc(CNC(=O)OC(C)(C)C)cc1C)-c1sccc1CCO2. The Balaban J connectivity index is 1.24. The van der Waals surface area contributed by atoms with Gasteiger partial charge >= 0.3 is 12.1 Å². The molecule has 3 aliphatic carbocycles. The van der Waals surface area contributed by atoms with E-state index in [2.05, 4.69) is 27.0 Å². The number of pyridine rings is 1. The maximum atomic E-state index is 14.5. The molecule has 3 heterocycles. The first-order chi connectivity index (χ1) is 25.6. The molecule has 4 aliphatic rings. The van der Waals surface area contributed by atoms with Gasteiger partial charge in [0.1, 0.15) is 17.0 Å². The first-order valence-corrected chi connectivity index (χ1v) is 18.6. The Morgan fingerprint density at radius 1 is 0.981 bits per heavy atom. The molecule has 3 amide bonds. The lowest BCUT2D eigenvalue weighted by Crippen LogP contribution is -2.74. The number of benzene rings is 2. The Morgan fingerprint density at radius 2 is 1.70 bits per heavy atom. The van der Waals surface area contributed by atoms with Crippen LogP contribution in [0.3, 0.4) is 0 Å². The van der Waals surface area contributed by atoms with Gasteiger partial charge in [0, 0.05) is 51.3 Å². The summed E-state index contributed by atoms with van der Waals surface area (Å²) in [5.41, 5.74) is 4.24. The van der Waals surface area contributed by atoms with E-state index >= 15 is 0 Å². The van der Waals surface area contributed by atoms with Gasteiger partial charge in [-0.2, -0.15) is 5.26 Å². The highest BCUT2D eigenvalue weighted by molar-refractivity contribution is 7.13. The van der Waals surface area contributed by atoms with Crippen LogP contribution in [0.15, 0.2) is 47.8 Å². The largest absolute Gasteiger partial charge is 0.493 e. The van der Waals surface area contributed by atoms with E-state index in [4.69, 9.17) is 14.2 Å². The Kier molecular flexibility index (Phi) is 9.22. The molecule has 3 N–H and O–H groups in total. The summed E-state index contributed by atoms with van der Waals surface area (Å²) in [6, 6.07) is 14.8. The predicted molar refractivity (Wildman–Crippen MR) is 203 cm³/mol. The number of methoxy groups -OCH3 is 1. The van der Waals surface area contributed by atoms with Crippen molar-refractivity contribution in [1.82, 2.24) is 15.6 Å². The Morgan fingerprint density at radius 3 is 2.37 bits per heavy atom. The number of nitriles is 1. The average Bonchev–Trinajstić information content (AvgIpc) is 3.49. The zero-order valence-corrected chi connectivity index (χ0v) is 31.8. The van der Waals surface area contributed by atoms with Crippen LogP contribution in [0.1, 0.15) is 93.6 Å². The fourth-order valence-electron chi connectivity index (χ4n) is 7.75. The molecule has 2 bridgehead atoms. The van der Waals surface area contributed by atoms with Gasteiger partial charge < -0.3 is 30.2 Å². The predicted octanol–water partition coefficient (Wildman–Crippen LogP) is 7.27. The Labute approximate surface area is 317 Å². The number of ether oxygens (including phenoxy) is 3. The quantitative estimate of drug-likeness (QED) is 0.157. The number of hydrogen-bond donors (Lipinski definition) is 3. The highest BCUT2D eigenvalue weighted by Crippen LogP contribution is 2.66. The van der Waals surface area contributed by atoms with Crippen molar-refractivity contribution >= 4 is 40.9 Å². The smallest absolute Gasteiger partial charge is 0.407 e. The minimum absolute atomic E-state index is 0.0163. The number of aromatic nitrogens is 1. The number of rotatable bonds is 8. The number of carbonyl (C=O) groups excluding carboxylic acids is 4. The Hall–Kier alpha value is -5.74. The van der Waals surface area contributed by atoms with Crippen LogP contribution in [-0.2, 0) is 22.4 Å². The van der Waals surface area contributed by atoms with Gasteiger partial charge in [-0.05, 0) is 112 Å². The van der Waals surface area contributed by atoms with Gasteiger partial charge in [0.25, 0.3) is 11.8 Å². The second kappa shape index (κ2) is 13.6. The van der Waals surface area contributed by atoms with Crippen molar-refractivity contribution in [3.63, 3.8) is 0 Å². The van der Waals surface area contributed by atoms with Gasteiger partial charge in [0.15, 0.2) is 5.69 Å². The third-order valence-electron chi connectivity index (χ3n) is 10.1. The van der Waals surface area contributed by atoms with E-state index in [0.717, 1.165) is 32.7 Å². The molecular formula is C41H41N5O7S. The molecule has 12 nitrogen and oxygen atoms in total. The number of alkyl carbamates (subject to hydrolysis) is 1. The lowest BCUT2D eigenvalue weighted by Gasteiger charge is -2.66. The molecule has 8 rings (SSSR count). The van der Waals surface area contributed by atoms with Gasteiger partial charge in [0.05, 0.1) is 25.2 Å². The van der Waals surface area contributed by atoms with Crippen LogP contribution in [0.5, 0.6) is 5.75 Å². The molecule has 4 aromatic rings. The number of hydrogen-bond acceptors (Lipinski definition) is 10. The normalized spacial score (nSPS) is 19.2. The molecule has 3 saturated carbocycles. The summed E-state index contributed by atoms with van der Waals surface area (Å²) in [4.78, 5) is 59.0. The minimum atomic E-state index is -0.779. The summed E-state index contributed by atoms with van der Waals surface area (Å²) in [5.74, 6) is -1.13. The number of nitrogens with zero attached hydrogens (tertiary/aromatic N) is 2. The van der Waals surface area contributed by atoms with E-state index in [9.17, 15) is 24.4 Å². The molecule has 0 spiro atoms. The summed E-state index contributed by atoms with van der Waals surface area (Å²) >= 11 is 1.56. The fourth-order valence-corrected chi connectivity index (χ4v) is 8.72. The highest BCUT2D eigenvalue weighted by Gasteiger charge is 2.69. The first-order valence-electron chi connectivity index (χ1n) is 17.7. The molecule has 54 heavy (non-hydrogen) atoms. The first kappa shape index (κ1) is 36.6. The number of fused-ring (bicyclic) bond motifs is 3. The van der Waals surface area contributed by atoms with Crippen LogP contribution in [-0.4, -0.2) is 53.7 Å². The van der Waals surface area contributed by atoms with Gasteiger partial charge in [-0.25, -0.2) is 14.6 Å². The minimum Gasteiger partial charge on any atom is -0.493 e. The van der Waals surface area contributed by atoms with E-state index in [1.165, 1.54) is 13.2 Å². The standard InChI is InChI=1S/C41H41N5O7S/c1-22-13-24(17-43-38(50)53-39(3,4)5)14-23(2)32(22)45-35(47)28-15-29-31(52-11-9-25-10-12-54-34(25)29)16-27(28)26-7-8-30(44-33(26)37(49)51-6)36(48)46-41-18-40(19-41,20-41)21-42/h7-8,10,12-16H,9,11,17-20H2,1-6H3,(H,43,50)(H,45,47)(H,46,48). The van der Waals surface area contributed by atoms with Crippen molar-refractivity contribution < 1.29 is 33.4 Å². The number of anilines is 1. The van der Waals surface area contributed by atoms with Crippen molar-refractivity contribution in [2.45, 2.75) is 78.0 Å². The molecule has 13 heteroatoms. The maximum Gasteiger partial charge on any atom is 0.407 e. The second-order valence-electron chi connectivity index (χ2n) is 15.4. The van der Waals surface area contributed by atoms with Crippen LogP contribution in [0.2, 0.25) is 0 Å². The highest BCUT2D eigenvalue weighted by atomic mass is 32.1. The molecule has 3 fully saturated rings. The monoisotopic (exact) mass is 747 g/mol. The molecule has 278 valence electrons. The number of esters is 1. The van der Waals surface area contributed by atoms with Crippen LogP contribution in [0, 0.1) is 30.6 Å². The number of nitrogens with one attached hydrogen (secondary N) is 3. The van der Waals surface area contributed by atoms with E-state index < -0.39 is 35.0 Å². The van der Waals surface area contributed by atoms with Crippen LogP contribution in [0.25, 0.3) is 21.6 Å². The van der Waals surface area contributed by atoms with E-state index in [-0.39, 0.29) is 34.5 Å². The number of carbonyl (C=O) groups is 4. The summed E-state index contributed by atoms with van der Waals surface area (Å²) < 4.78 is 16.7. The molecular weight excluding hydrogens is 707 g/mol. The van der Waals surface area contributed by atoms with Crippen molar-refractivity contribution in [3.05, 3.63) is 87.0 Å². The van der Waals surface area contributed by atoms with E-state index in [1.54, 1.807) is 50.3 Å². The van der Waals surface area contributed by atoms with Crippen molar-refractivity contribution in [2.75, 3.05) is 19.0 Å². The van der Waals surface area contributed by atoms with Gasteiger partial charge in [-0.1, -0.05) is 12.1 Å². The average molecular weight is 748 g/mol. The van der Waals surface area contributed by atoms with Gasteiger partial charge in [0.2, 0.25) is 0 Å². The summed E-state index contributed by atoms with van der Waals surface area (Å²) in [5, 5.41) is 20.3. The van der Waals surface area contributed by atoms with Crippen molar-refractivity contribution in [1.29, 1.82) is 5.26 Å². The summed E-state index contributed by atoms with van der Waals surface area (Å²) in [6.07, 6.45) is 1.94. The molecule has 2 aromatic heterocycles. The number of amides is 3. The van der Waals surface area contributed by atoms with Crippen LogP contribution in [0.4, 0.5) is 10.5 Å². The zero-order chi connectivity index (χ0) is 38.6. The maximum absolute atomic E-state index is 14.5. The van der Waals surface area contributed by atoms with Crippen LogP contribution >= 0.6 is 11.3 Å². The van der Waals surface area contributed by atoms with Gasteiger partial charge in [-0.3, -0.25) is 9.59 Å². The topological polar surface area (TPSA) is 169 Å². The molecule has 0 saturated heterocycles. The third-order valence-corrected chi connectivity index (χ3v) is 11.1. The molecule has 0 atom stereocenters. The fraction of sp³-hybridized carbons (Fsp3) is 0.366. The molecule has 2 aromatic carbocycles. The molecule has 0 radical (unpaired) electrons. The lowest BCUT2D eigenvalue weighted by molar-refractivity contribution is -0.102.